The second-order valence-electron chi connectivity index (χ2n) is 6.70. The van der Waals surface area contributed by atoms with Crippen LogP contribution in [0.5, 0.6) is 0 Å². The van der Waals surface area contributed by atoms with Crippen LogP contribution >= 0.6 is 11.6 Å². The summed E-state index contributed by atoms with van der Waals surface area (Å²) in [6.45, 7) is 4.87. The zero-order chi connectivity index (χ0) is 21.0. The van der Waals surface area contributed by atoms with E-state index in [2.05, 4.69) is 15.3 Å². The lowest BCUT2D eigenvalue weighted by molar-refractivity contribution is -0.383. The van der Waals surface area contributed by atoms with Gasteiger partial charge in [0.1, 0.15) is 6.33 Å². The molecule has 1 aliphatic heterocycles. The first kappa shape index (κ1) is 20.8. The van der Waals surface area contributed by atoms with Crippen LogP contribution in [0.4, 0.5) is 23.0 Å². The second kappa shape index (κ2) is 9.04. The van der Waals surface area contributed by atoms with E-state index in [1.807, 2.05) is 11.8 Å². The maximum absolute atomic E-state index is 11.9. The number of carbonyl (C=O) groups is 1. The van der Waals surface area contributed by atoms with Crippen molar-refractivity contribution in [3.05, 3.63) is 45.2 Å². The lowest BCUT2D eigenvalue weighted by atomic mass is 9.97. The molecule has 3 rings (SSSR count). The number of anilines is 3. The predicted molar refractivity (Wildman–Crippen MR) is 110 cm³/mol. The molecule has 1 saturated heterocycles. The largest absolute Gasteiger partial charge is 0.466 e. The standard InChI is InChI=1S/C19H22ClN5O4/c1-3-29-19(26)13-7-9-24(10-8-13)18-16(25(27)28)17(21-11-22-18)23-15-6-4-5-14(20)12(15)2/h4-6,11,13H,3,7-10H2,1-2H3,(H,21,22,23). The van der Waals surface area contributed by atoms with Gasteiger partial charge in [-0.05, 0) is 44.4 Å². The maximum Gasteiger partial charge on any atom is 0.353 e. The van der Waals surface area contributed by atoms with Crippen molar-refractivity contribution in [3.8, 4) is 0 Å². The van der Waals surface area contributed by atoms with Gasteiger partial charge >= 0.3 is 11.7 Å². The normalized spacial score (nSPS) is 14.5. The van der Waals surface area contributed by atoms with E-state index in [0.29, 0.717) is 43.2 Å². The van der Waals surface area contributed by atoms with Crippen molar-refractivity contribution in [2.75, 3.05) is 29.9 Å². The third-order valence-corrected chi connectivity index (χ3v) is 5.33. The monoisotopic (exact) mass is 419 g/mol. The molecule has 0 saturated carbocycles. The summed E-state index contributed by atoms with van der Waals surface area (Å²) in [6, 6.07) is 5.28. The number of hydrogen-bond acceptors (Lipinski definition) is 8. The Bertz CT molecular complexity index is 915. The molecular weight excluding hydrogens is 398 g/mol. The van der Waals surface area contributed by atoms with Crippen molar-refractivity contribution >= 4 is 40.6 Å². The molecule has 2 aromatic rings. The molecule has 1 aromatic heterocycles. The van der Waals surface area contributed by atoms with E-state index in [-0.39, 0.29) is 29.2 Å². The molecule has 1 N–H and O–H groups in total. The Balaban J connectivity index is 1.85. The van der Waals surface area contributed by atoms with Crippen molar-refractivity contribution in [1.29, 1.82) is 0 Å². The van der Waals surface area contributed by atoms with Crippen molar-refractivity contribution in [2.45, 2.75) is 26.7 Å². The van der Waals surface area contributed by atoms with Crippen LogP contribution in [0.1, 0.15) is 25.3 Å². The van der Waals surface area contributed by atoms with E-state index in [4.69, 9.17) is 16.3 Å². The van der Waals surface area contributed by atoms with Gasteiger partial charge in [0.25, 0.3) is 0 Å². The van der Waals surface area contributed by atoms with Crippen molar-refractivity contribution in [2.24, 2.45) is 5.92 Å². The number of esters is 1. The molecular formula is C19H22ClN5O4. The molecule has 2 heterocycles. The van der Waals surface area contributed by atoms with Gasteiger partial charge < -0.3 is 15.0 Å². The van der Waals surface area contributed by atoms with Gasteiger partial charge in [-0.15, -0.1) is 0 Å². The smallest absolute Gasteiger partial charge is 0.353 e. The Morgan fingerprint density at radius 1 is 1.38 bits per heavy atom. The molecule has 29 heavy (non-hydrogen) atoms. The van der Waals surface area contributed by atoms with Crippen LogP contribution in [0.15, 0.2) is 24.5 Å². The molecule has 1 aliphatic rings. The molecule has 0 unspecified atom stereocenters. The lowest BCUT2D eigenvalue weighted by Gasteiger charge is -2.31. The minimum atomic E-state index is -0.491. The Kier molecular flexibility index (Phi) is 6.48. The quantitative estimate of drug-likeness (QED) is 0.426. The summed E-state index contributed by atoms with van der Waals surface area (Å²) in [5.74, 6) is -0.0886. The van der Waals surface area contributed by atoms with Crippen LogP contribution in [0, 0.1) is 23.0 Å². The topological polar surface area (TPSA) is 110 Å². The van der Waals surface area contributed by atoms with Crippen molar-refractivity contribution in [3.63, 3.8) is 0 Å². The average molecular weight is 420 g/mol. The van der Waals surface area contributed by atoms with Gasteiger partial charge in [0.15, 0.2) is 0 Å². The molecule has 10 heteroatoms. The molecule has 0 spiro atoms. The summed E-state index contributed by atoms with van der Waals surface area (Å²) in [6.07, 6.45) is 2.40. The number of nitrogens with zero attached hydrogens (tertiary/aromatic N) is 4. The van der Waals surface area contributed by atoms with Gasteiger partial charge in [0.2, 0.25) is 11.6 Å². The Morgan fingerprint density at radius 3 is 2.76 bits per heavy atom. The van der Waals surface area contributed by atoms with Crippen molar-refractivity contribution in [1.82, 2.24) is 9.97 Å². The van der Waals surface area contributed by atoms with E-state index in [9.17, 15) is 14.9 Å². The summed E-state index contributed by atoms with van der Waals surface area (Å²) < 4.78 is 5.08. The number of hydrogen-bond donors (Lipinski definition) is 1. The van der Waals surface area contributed by atoms with E-state index in [1.54, 1.807) is 25.1 Å². The molecule has 0 atom stereocenters. The van der Waals surface area contributed by atoms with Gasteiger partial charge in [-0.2, -0.15) is 0 Å². The SMILES string of the molecule is CCOC(=O)C1CCN(c2ncnc(Nc3cccc(Cl)c3C)c2[N+](=O)[O-])CC1. The molecule has 0 aliphatic carbocycles. The second-order valence-corrected chi connectivity index (χ2v) is 7.11. The lowest BCUT2D eigenvalue weighted by Crippen LogP contribution is -2.37. The molecule has 9 nitrogen and oxygen atoms in total. The highest BCUT2D eigenvalue weighted by molar-refractivity contribution is 6.31. The van der Waals surface area contributed by atoms with E-state index in [1.165, 1.54) is 6.33 Å². The number of ether oxygens (including phenoxy) is 1. The highest BCUT2D eigenvalue weighted by atomic mass is 35.5. The third-order valence-electron chi connectivity index (χ3n) is 4.92. The Hall–Kier alpha value is -2.94. The summed E-state index contributed by atoms with van der Waals surface area (Å²) in [7, 11) is 0. The molecule has 0 radical (unpaired) electrons. The molecule has 0 amide bonds. The first-order valence-electron chi connectivity index (χ1n) is 9.35. The fraction of sp³-hybridized carbons (Fsp3) is 0.421. The highest BCUT2D eigenvalue weighted by Gasteiger charge is 2.32. The minimum absolute atomic E-state index is 0.0953. The zero-order valence-corrected chi connectivity index (χ0v) is 17.0. The van der Waals surface area contributed by atoms with Gasteiger partial charge in [0.05, 0.1) is 17.4 Å². The molecule has 1 aromatic carbocycles. The van der Waals surface area contributed by atoms with Gasteiger partial charge in [-0.1, -0.05) is 17.7 Å². The first-order chi connectivity index (χ1) is 13.9. The number of aromatic nitrogens is 2. The molecule has 0 bridgehead atoms. The Morgan fingerprint density at radius 2 is 2.10 bits per heavy atom. The summed E-state index contributed by atoms with van der Waals surface area (Å²) in [4.78, 5) is 33.3. The fourth-order valence-corrected chi connectivity index (χ4v) is 3.49. The summed E-state index contributed by atoms with van der Waals surface area (Å²) in [5.41, 5.74) is 1.19. The predicted octanol–water partition coefficient (Wildman–Crippen LogP) is 3.87. The fourth-order valence-electron chi connectivity index (χ4n) is 3.32. The zero-order valence-electron chi connectivity index (χ0n) is 16.2. The summed E-state index contributed by atoms with van der Waals surface area (Å²) >= 11 is 6.14. The van der Waals surface area contributed by atoms with E-state index in [0.717, 1.165) is 5.56 Å². The third kappa shape index (κ3) is 4.56. The maximum atomic E-state index is 11.9. The minimum Gasteiger partial charge on any atom is -0.466 e. The van der Waals surface area contributed by atoms with E-state index < -0.39 is 4.92 Å². The van der Waals surface area contributed by atoms with Crippen molar-refractivity contribution < 1.29 is 14.5 Å². The number of halogens is 1. The number of rotatable bonds is 6. The number of nitro groups is 1. The van der Waals surface area contributed by atoms with Crippen LogP contribution in [0.2, 0.25) is 5.02 Å². The average Bonchev–Trinajstić information content (AvgIpc) is 2.71. The van der Waals surface area contributed by atoms with Gasteiger partial charge in [-0.25, -0.2) is 9.97 Å². The Labute approximate surface area is 173 Å². The number of benzene rings is 1. The molecule has 1 fully saturated rings. The van der Waals surface area contributed by atoms with Crippen LogP contribution < -0.4 is 10.2 Å². The van der Waals surface area contributed by atoms with Crippen LogP contribution in [-0.2, 0) is 9.53 Å². The van der Waals surface area contributed by atoms with E-state index >= 15 is 0 Å². The van der Waals surface area contributed by atoms with Crippen LogP contribution in [0.25, 0.3) is 0 Å². The number of nitrogens with one attached hydrogen (secondary N) is 1. The number of carbonyl (C=O) groups excluding carboxylic acids is 1. The highest BCUT2D eigenvalue weighted by Crippen LogP contribution is 2.36. The molecule has 154 valence electrons. The number of piperidine rings is 1. The van der Waals surface area contributed by atoms with Gasteiger partial charge in [0, 0.05) is 23.8 Å². The van der Waals surface area contributed by atoms with Crippen LogP contribution in [0.3, 0.4) is 0 Å². The van der Waals surface area contributed by atoms with Gasteiger partial charge in [-0.3, -0.25) is 14.9 Å². The summed E-state index contributed by atoms with van der Waals surface area (Å²) in [5, 5.41) is 15.4. The first-order valence-corrected chi connectivity index (χ1v) is 9.73. The van der Waals surface area contributed by atoms with Crippen LogP contribution in [-0.4, -0.2) is 40.6 Å².